The van der Waals surface area contributed by atoms with Crippen LogP contribution in [0.3, 0.4) is 0 Å². The van der Waals surface area contributed by atoms with Gasteiger partial charge in [0.2, 0.25) is 0 Å². The van der Waals surface area contributed by atoms with Gasteiger partial charge < -0.3 is 15.2 Å². The minimum atomic E-state index is -0.739. The van der Waals surface area contributed by atoms with Gasteiger partial charge in [-0.2, -0.15) is 0 Å². The van der Waals surface area contributed by atoms with E-state index in [2.05, 4.69) is 15.8 Å². The zero-order valence-electron chi connectivity index (χ0n) is 14.2. The number of nitrogens with zero attached hydrogens (tertiary/aromatic N) is 1. The van der Waals surface area contributed by atoms with Crippen LogP contribution in [0, 0.1) is 0 Å². The van der Waals surface area contributed by atoms with Crippen LogP contribution >= 0.6 is 0 Å². The Morgan fingerprint density at radius 2 is 1.64 bits per heavy atom. The molecule has 0 aliphatic heterocycles. The van der Waals surface area contributed by atoms with Gasteiger partial charge in [-0.25, -0.2) is 15.2 Å². The maximum Gasteiger partial charge on any atom is 0.426 e. The van der Waals surface area contributed by atoms with Gasteiger partial charge >= 0.3 is 6.09 Å². The topological polar surface area (TPSA) is 116 Å². The molecule has 1 aromatic carbocycles. The van der Waals surface area contributed by atoms with Crippen molar-refractivity contribution in [2.45, 2.75) is 26.4 Å². The first-order valence-electron chi connectivity index (χ1n) is 7.52. The fraction of sp³-hybridized carbons (Fsp3) is 0.235. The average molecular weight is 344 g/mol. The zero-order valence-corrected chi connectivity index (χ0v) is 14.2. The monoisotopic (exact) mass is 344 g/mol. The van der Waals surface area contributed by atoms with E-state index in [0.717, 1.165) is 0 Å². The molecule has 0 saturated carbocycles. The summed E-state index contributed by atoms with van der Waals surface area (Å²) in [5, 5.41) is 0. The van der Waals surface area contributed by atoms with Gasteiger partial charge in [0.05, 0.1) is 6.20 Å². The summed E-state index contributed by atoms with van der Waals surface area (Å²) < 4.78 is 10.6. The molecule has 1 aromatic heterocycles. The van der Waals surface area contributed by atoms with Crippen LogP contribution in [0.5, 0.6) is 11.5 Å². The molecule has 132 valence electrons. The van der Waals surface area contributed by atoms with E-state index in [4.69, 9.17) is 15.2 Å². The largest absolute Gasteiger partial charge is 0.456 e. The molecule has 0 unspecified atom stereocenters. The third-order valence-electron chi connectivity index (χ3n) is 2.79. The van der Waals surface area contributed by atoms with Crippen molar-refractivity contribution in [1.82, 2.24) is 15.8 Å². The van der Waals surface area contributed by atoms with Crippen LogP contribution in [-0.2, 0) is 4.74 Å². The van der Waals surface area contributed by atoms with Crippen LogP contribution in [0.15, 0.2) is 42.6 Å². The molecule has 4 N–H and O–H groups in total. The highest BCUT2D eigenvalue weighted by Gasteiger charge is 2.16. The van der Waals surface area contributed by atoms with Crippen LogP contribution in [0.1, 0.15) is 31.1 Å². The predicted octanol–water partition coefficient (Wildman–Crippen LogP) is 2.63. The Balaban J connectivity index is 1.89. The van der Waals surface area contributed by atoms with E-state index in [1.807, 2.05) is 0 Å². The van der Waals surface area contributed by atoms with Crippen molar-refractivity contribution in [1.29, 1.82) is 0 Å². The summed E-state index contributed by atoms with van der Waals surface area (Å²) in [4.78, 5) is 27.4. The van der Waals surface area contributed by atoms with Crippen molar-refractivity contribution < 1.29 is 19.1 Å². The summed E-state index contributed by atoms with van der Waals surface area (Å²) in [7, 11) is 0. The number of benzene rings is 1. The summed E-state index contributed by atoms with van der Waals surface area (Å²) in [6.07, 6.45) is 0.761. The van der Waals surface area contributed by atoms with Crippen LogP contribution in [0.4, 0.5) is 10.6 Å². The maximum atomic E-state index is 12.0. The van der Waals surface area contributed by atoms with Gasteiger partial charge in [0, 0.05) is 5.56 Å². The first kappa shape index (κ1) is 18.1. The first-order valence-corrected chi connectivity index (χ1v) is 7.52. The second-order valence-electron chi connectivity index (χ2n) is 6.13. The number of carbonyl (C=O) groups excluding carboxylic acids is 2. The van der Waals surface area contributed by atoms with Gasteiger partial charge in [-0.3, -0.25) is 10.2 Å². The highest BCUT2D eigenvalue weighted by Crippen LogP contribution is 2.21. The number of hydrazine groups is 1. The molecule has 0 fully saturated rings. The number of nitrogens with two attached hydrogens (primary N) is 1. The second-order valence-corrected chi connectivity index (χ2v) is 6.13. The number of rotatable bonds is 3. The zero-order chi connectivity index (χ0) is 18.4. The molecular weight excluding hydrogens is 324 g/mol. The lowest BCUT2D eigenvalue weighted by molar-refractivity contribution is 0.0483. The number of carbonyl (C=O) groups is 2. The number of hydrogen-bond acceptors (Lipinski definition) is 6. The van der Waals surface area contributed by atoms with E-state index in [1.54, 1.807) is 57.2 Å². The molecule has 8 heteroatoms. The molecule has 0 atom stereocenters. The highest BCUT2D eigenvalue weighted by molar-refractivity contribution is 5.95. The molecule has 2 amide bonds. The third-order valence-corrected chi connectivity index (χ3v) is 2.79. The number of aromatic nitrogens is 1. The number of nitrogen functional groups attached to an aromatic ring is 1. The molecular formula is C17H20N4O4. The Morgan fingerprint density at radius 1 is 1.00 bits per heavy atom. The lowest BCUT2D eigenvalue weighted by Crippen LogP contribution is -2.44. The van der Waals surface area contributed by atoms with Crippen molar-refractivity contribution in [2.24, 2.45) is 0 Å². The highest BCUT2D eigenvalue weighted by atomic mass is 16.6. The second kappa shape index (κ2) is 7.52. The number of pyridine rings is 1. The molecule has 0 aliphatic carbocycles. The van der Waals surface area contributed by atoms with E-state index in [9.17, 15) is 9.59 Å². The maximum absolute atomic E-state index is 12.0. The number of ether oxygens (including phenoxy) is 2. The SMILES string of the molecule is CC(C)(C)OC(=O)NNC(=O)c1ccc(Oc2ccc(N)nc2)cc1. The molecule has 25 heavy (non-hydrogen) atoms. The van der Waals surface area contributed by atoms with E-state index >= 15 is 0 Å². The Bertz CT molecular complexity index is 737. The normalized spacial score (nSPS) is 10.7. The Labute approximate surface area is 145 Å². The molecule has 8 nitrogen and oxygen atoms in total. The minimum Gasteiger partial charge on any atom is -0.456 e. The molecule has 0 saturated heterocycles. The molecule has 2 rings (SSSR count). The van der Waals surface area contributed by atoms with Crippen molar-refractivity contribution in [3.8, 4) is 11.5 Å². The van der Waals surface area contributed by atoms with E-state index in [-0.39, 0.29) is 0 Å². The van der Waals surface area contributed by atoms with Crippen molar-refractivity contribution in [3.05, 3.63) is 48.2 Å². The summed E-state index contributed by atoms with van der Waals surface area (Å²) in [6.45, 7) is 5.18. The number of nitrogens with one attached hydrogen (secondary N) is 2. The predicted molar refractivity (Wildman–Crippen MR) is 92.0 cm³/mol. The van der Waals surface area contributed by atoms with Gasteiger partial charge in [0.15, 0.2) is 0 Å². The fourth-order valence-corrected chi connectivity index (χ4v) is 1.75. The molecule has 0 aliphatic rings. The van der Waals surface area contributed by atoms with Gasteiger partial charge in [0.1, 0.15) is 22.9 Å². The van der Waals surface area contributed by atoms with Crippen molar-refractivity contribution in [3.63, 3.8) is 0 Å². The van der Waals surface area contributed by atoms with Crippen LogP contribution in [-0.4, -0.2) is 22.6 Å². The standard InChI is InChI=1S/C17H20N4O4/c1-17(2,3)25-16(23)21-20-15(22)11-4-6-12(7-5-11)24-13-8-9-14(18)19-10-13/h4-10H,1-3H3,(H2,18,19)(H,20,22)(H,21,23). The Morgan fingerprint density at radius 3 is 2.20 bits per heavy atom. The number of amides is 2. The lowest BCUT2D eigenvalue weighted by Gasteiger charge is -2.19. The summed E-state index contributed by atoms with van der Waals surface area (Å²) in [5.74, 6) is 0.977. The molecule has 1 heterocycles. The average Bonchev–Trinajstić information content (AvgIpc) is 2.54. The smallest absolute Gasteiger partial charge is 0.426 e. The van der Waals surface area contributed by atoms with Crippen molar-refractivity contribution in [2.75, 3.05) is 5.73 Å². The molecule has 0 spiro atoms. The van der Waals surface area contributed by atoms with Crippen LogP contribution in [0.25, 0.3) is 0 Å². The van der Waals surface area contributed by atoms with Gasteiger partial charge in [-0.15, -0.1) is 0 Å². The summed E-state index contributed by atoms with van der Waals surface area (Å²) >= 11 is 0. The fourth-order valence-electron chi connectivity index (χ4n) is 1.75. The Hall–Kier alpha value is -3.29. The Kier molecular flexibility index (Phi) is 5.43. The lowest BCUT2D eigenvalue weighted by atomic mass is 10.2. The van der Waals surface area contributed by atoms with Crippen LogP contribution in [0.2, 0.25) is 0 Å². The molecule has 2 aromatic rings. The van der Waals surface area contributed by atoms with E-state index in [1.165, 1.54) is 6.20 Å². The number of hydrogen-bond donors (Lipinski definition) is 3. The van der Waals surface area contributed by atoms with Gasteiger partial charge in [-0.1, -0.05) is 0 Å². The third kappa shape index (κ3) is 6.02. The van der Waals surface area contributed by atoms with E-state index < -0.39 is 17.6 Å². The summed E-state index contributed by atoms with van der Waals surface area (Å²) in [6, 6.07) is 9.68. The van der Waals surface area contributed by atoms with Crippen LogP contribution < -0.4 is 21.3 Å². The minimum absolute atomic E-state index is 0.346. The van der Waals surface area contributed by atoms with Crippen molar-refractivity contribution >= 4 is 17.8 Å². The first-order chi connectivity index (χ1) is 11.7. The number of anilines is 1. The quantitative estimate of drug-likeness (QED) is 0.737. The van der Waals surface area contributed by atoms with Gasteiger partial charge in [0.25, 0.3) is 5.91 Å². The van der Waals surface area contributed by atoms with E-state index in [0.29, 0.717) is 22.9 Å². The summed E-state index contributed by atoms with van der Waals surface area (Å²) in [5.41, 5.74) is 9.66. The molecule has 0 bridgehead atoms. The van der Waals surface area contributed by atoms with Gasteiger partial charge in [-0.05, 0) is 57.2 Å². The molecule has 0 radical (unpaired) electrons.